The SMILES string of the molecule is CCCCCCCCNC(=O)c1ccc(-c2noc(CCCNC(=O)OC(C)(C)C)n2)cc1. The molecular weight excluding hydrogens is 420 g/mol. The highest BCUT2D eigenvalue weighted by Gasteiger charge is 2.16. The minimum absolute atomic E-state index is 0.0682. The Balaban J connectivity index is 1.72. The van der Waals surface area contributed by atoms with Crippen LogP contribution in [0.1, 0.15) is 88.9 Å². The first-order chi connectivity index (χ1) is 15.8. The van der Waals surface area contributed by atoms with Crippen LogP contribution in [0.25, 0.3) is 11.4 Å². The van der Waals surface area contributed by atoms with Crippen molar-refractivity contribution >= 4 is 12.0 Å². The zero-order valence-electron chi connectivity index (χ0n) is 20.4. The van der Waals surface area contributed by atoms with Crippen molar-refractivity contribution in [1.29, 1.82) is 0 Å². The summed E-state index contributed by atoms with van der Waals surface area (Å²) in [6.07, 6.45) is 7.93. The van der Waals surface area contributed by atoms with Gasteiger partial charge in [0.05, 0.1) is 0 Å². The van der Waals surface area contributed by atoms with E-state index in [-0.39, 0.29) is 5.91 Å². The number of amides is 2. The molecule has 1 aromatic carbocycles. The summed E-state index contributed by atoms with van der Waals surface area (Å²) in [7, 11) is 0. The summed E-state index contributed by atoms with van der Waals surface area (Å²) in [5.41, 5.74) is 0.876. The summed E-state index contributed by atoms with van der Waals surface area (Å²) in [6, 6.07) is 7.18. The van der Waals surface area contributed by atoms with Crippen LogP contribution in [0.5, 0.6) is 0 Å². The number of carbonyl (C=O) groups excluding carboxylic acids is 2. The number of benzene rings is 1. The molecule has 8 heteroatoms. The number of ether oxygens (including phenoxy) is 1. The highest BCUT2D eigenvalue weighted by molar-refractivity contribution is 5.94. The Hall–Kier alpha value is -2.90. The van der Waals surface area contributed by atoms with Crippen molar-refractivity contribution in [2.24, 2.45) is 0 Å². The molecule has 8 nitrogen and oxygen atoms in total. The number of hydrogen-bond acceptors (Lipinski definition) is 6. The molecule has 2 amide bonds. The van der Waals surface area contributed by atoms with Gasteiger partial charge in [-0.3, -0.25) is 4.79 Å². The molecule has 182 valence electrons. The monoisotopic (exact) mass is 458 g/mol. The van der Waals surface area contributed by atoms with Gasteiger partial charge in [-0.2, -0.15) is 4.98 Å². The van der Waals surface area contributed by atoms with Crippen molar-refractivity contribution in [3.63, 3.8) is 0 Å². The number of aryl methyl sites for hydroxylation is 1. The summed E-state index contributed by atoms with van der Waals surface area (Å²) in [6.45, 7) is 8.82. The van der Waals surface area contributed by atoms with Crippen LogP contribution >= 0.6 is 0 Å². The number of unbranched alkanes of at least 4 members (excludes halogenated alkanes) is 5. The average Bonchev–Trinajstić information content (AvgIpc) is 3.24. The first kappa shape index (κ1) is 26.4. The molecule has 0 aliphatic heterocycles. The van der Waals surface area contributed by atoms with E-state index < -0.39 is 11.7 Å². The predicted octanol–water partition coefficient (Wildman–Crippen LogP) is 5.28. The Labute approximate surface area is 196 Å². The third-order valence-electron chi connectivity index (χ3n) is 4.92. The fraction of sp³-hybridized carbons (Fsp3) is 0.600. The lowest BCUT2D eigenvalue weighted by Gasteiger charge is -2.19. The molecule has 0 spiro atoms. The standard InChI is InChI=1S/C25H38N4O4/c1-5-6-7-8-9-10-17-26-23(30)20-15-13-19(14-16-20)22-28-21(33-29-22)12-11-18-27-24(31)32-25(2,3)4/h13-16H,5-12,17-18H2,1-4H3,(H,26,30)(H,27,31). The van der Waals surface area contributed by atoms with Gasteiger partial charge in [-0.25, -0.2) is 4.79 Å². The van der Waals surface area contributed by atoms with Crippen molar-refractivity contribution in [3.05, 3.63) is 35.7 Å². The van der Waals surface area contributed by atoms with E-state index in [0.29, 0.717) is 43.2 Å². The van der Waals surface area contributed by atoms with Crippen molar-refractivity contribution in [1.82, 2.24) is 20.8 Å². The number of alkyl carbamates (subject to hydrolysis) is 1. The molecule has 2 rings (SSSR count). The van der Waals surface area contributed by atoms with Gasteiger partial charge < -0.3 is 19.9 Å². The van der Waals surface area contributed by atoms with Gasteiger partial charge in [-0.05, 0) is 45.7 Å². The Bertz CT molecular complexity index is 856. The molecule has 0 atom stereocenters. The number of hydrogen-bond donors (Lipinski definition) is 2. The minimum atomic E-state index is -0.518. The molecule has 0 aliphatic carbocycles. The first-order valence-electron chi connectivity index (χ1n) is 12.0. The van der Waals surface area contributed by atoms with E-state index >= 15 is 0 Å². The fourth-order valence-corrected chi connectivity index (χ4v) is 3.20. The molecule has 33 heavy (non-hydrogen) atoms. The highest BCUT2D eigenvalue weighted by atomic mass is 16.6. The zero-order chi connectivity index (χ0) is 24.1. The van der Waals surface area contributed by atoms with Crippen LogP contribution < -0.4 is 10.6 Å². The van der Waals surface area contributed by atoms with Crippen LogP contribution in [-0.2, 0) is 11.2 Å². The second kappa shape index (κ2) is 13.6. The van der Waals surface area contributed by atoms with Gasteiger partial charge in [-0.1, -0.05) is 56.3 Å². The Morgan fingerprint density at radius 1 is 0.939 bits per heavy atom. The van der Waals surface area contributed by atoms with E-state index in [1.54, 1.807) is 12.1 Å². The second-order valence-electron chi connectivity index (χ2n) is 9.14. The fourth-order valence-electron chi connectivity index (χ4n) is 3.20. The molecule has 0 bridgehead atoms. The molecule has 0 saturated heterocycles. The summed E-state index contributed by atoms with van der Waals surface area (Å²) in [4.78, 5) is 28.3. The summed E-state index contributed by atoms with van der Waals surface area (Å²) < 4.78 is 10.5. The maximum atomic E-state index is 12.3. The van der Waals surface area contributed by atoms with E-state index in [1.807, 2.05) is 32.9 Å². The van der Waals surface area contributed by atoms with Crippen LogP contribution in [-0.4, -0.2) is 40.8 Å². The van der Waals surface area contributed by atoms with Gasteiger partial charge in [0.2, 0.25) is 11.7 Å². The van der Waals surface area contributed by atoms with Gasteiger partial charge >= 0.3 is 6.09 Å². The third kappa shape index (κ3) is 10.5. The predicted molar refractivity (Wildman–Crippen MR) is 128 cm³/mol. The maximum Gasteiger partial charge on any atom is 0.407 e. The normalized spacial score (nSPS) is 11.3. The van der Waals surface area contributed by atoms with Gasteiger partial charge in [0, 0.05) is 30.6 Å². The molecule has 2 aromatic rings. The summed E-state index contributed by atoms with van der Waals surface area (Å²) >= 11 is 0. The summed E-state index contributed by atoms with van der Waals surface area (Å²) in [5, 5.41) is 9.70. The number of aromatic nitrogens is 2. The highest BCUT2D eigenvalue weighted by Crippen LogP contribution is 2.17. The lowest BCUT2D eigenvalue weighted by Crippen LogP contribution is -2.33. The van der Waals surface area contributed by atoms with Crippen molar-refractivity contribution in [2.75, 3.05) is 13.1 Å². The lowest BCUT2D eigenvalue weighted by atomic mass is 10.1. The van der Waals surface area contributed by atoms with E-state index in [1.165, 1.54) is 25.7 Å². The quantitative estimate of drug-likeness (QED) is 0.395. The molecular formula is C25H38N4O4. The molecule has 0 unspecified atom stereocenters. The summed E-state index contributed by atoms with van der Waals surface area (Å²) in [5.74, 6) is 0.905. The molecule has 0 aliphatic rings. The zero-order valence-corrected chi connectivity index (χ0v) is 20.4. The van der Waals surface area contributed by atoms with Gasteiger partial charge in [0.15, 0.2) is 0 Å². The number of nitrogens with zero attached hydrogens (tertiary/aromatic N) is 2. The largest absolute Gasteiger partial charge is 0.444 e. The minimum Gasteiger partial charge on any atom is -0.444 e. The van der Waals surface area contributed by atoms with E-state index in [0.717, 1.165) is 18.4 Å². The Morgan fingerprint density at radius 3 is 2.30 bits per heavy atom. The van der Waals surface area contributed by atoms with Crippen molar-refractivity contribution in [3.8, 4) is 11.4 Å². The number of nitrogens with one attached hydrogen (secondary N) is 2. The van der Waals surface area contributed by atoms with Crippen LogP contribution in [0.15, 0.2) is 28.8 Å². The molecule has 0 fully saturated rings. The van der Waals surface area contributed by atoms with Crippen molar-refractivity contribution in [2.45, 2.75) is 84.7 Å². The number of carbonyl (C=O) groups is 2. The maximum absolute atomic E-state index is 12.3. The molecule has 1 heterocycles. The lowest BCUT2D eigenvalue weighted by molar-refractivity contribution is 0.0526. The molecule has 0 saturated carbocycles. The van der Waals surface area contributed by atoms with E-state index in [9.17, 15) is 9.59 Å². The molecule has 1 aromatic heterocycles. The molecule has 0 radical (unpaired) electrons. The van der Waals surface area contributed by atoms with Crippen LogP contribution in [0.3, 0.4) is 0 Å². The first-order valence-corrected chi connectivity index (χ1v) is 12.0. The van der Waals surface area contributed by atoms with Gasteiger partial charge in [0.25, 0.3) is 5.91 Å². The Morgan fingerprint density at radius 2 is 1.61 bits per heavy atom. The van der Waals surface area contributed by atoms with Crippen LogP contribution in [0.4, 0.5) is 4.79 Å². The Kier molecular flexibility index (Phi) is 10.9. The van der Waals surface area contributed by atoms with Crippen molar-refractivity contribution < 1.29 is 18.8 Å². The number of rotatable bonds is 13. The average molecular weight is 459 g/mol. The topological polar surface area (TPSA) is 106 Å². The van der Waals surface area contributed by atoms with E-state index in [2.05, 4.69) is 27.7 Å². The van der Waals surface area contributed by atoms with Gasteiger partial charge in [-0.15, -0.1) is 0 Å². The molecule has 2 N–H and O–H groups in total. The smallest absolute Gasteiger partial charge is 0.407 e. The third-order valence-corrected chi connectivity index (χ3v) is 4.92. The van der Waals surface area contributed by atoms with Gasteiger partial charge in [0.1, 0.15) is 5.60 Å². The van der Waals surface area contributed by atoms with Crippen LogP contribution in [0.2, 0.25) is 0 Å². The van der Waals surface area contributed by atoms with E-state index in [4.69, 9.17) is 9.26 Å². The second-order valence-corrected chi connectivity index (χ2v) is 9.14. The van der Waals surface area contributed by atoms with Crippen LogP contribution in [0, 0.1) is 0 Å².